The van der Waals surface area contributed by atoms with Crippen molar-refractivity contribution in [3.63, 3.8) is 0 Å². The highest BCUT2D eigenvalue weighted by Gasteiger charge is 2.28. The maximum atomic E-state index is 13.1. The lowest BCUT2D eigenvalue weighted by Crippen LogP contribution is -2.56. The Morgan fingerprint density at radius 1 is 0.981 bits per heavy atom. The van der Waals surface area contributed by atoms with Crippen LogP contribution in [0.15, 0.2) is 54.7 Å². The van der Waals surface area contributed by atoms with Gasteiger partial charge in [0, 0.05) is 29.0 Å². The zero-order chi connectivity index (χ0) is 38.0. The summed E-state index contributed by atoms with van der Waals surface area (Å²) in [6.45, 7) is -0.982. The Morgan fingerprint density at radius 3 is 2.40 bits per heavy atom. The van der Waals surface area contributed by atoms with E-state index < -0.39 is 60.6 Å². The summed E-state index contributed by atoms with van der Waals surface area (Å²) in [5, 5.41) is 34.8. The Kier molecular flexibility index (Phi) is 17.7. The van der Waals surface area contributed by atoms with E-state index >= 15 is 0 Å². The molecular weight excluding hydrogens is 729 g/mol. The Bertz CT molecular complexity index is 1740. The first kappa shape index (κ1) is 42.1. The monoisotopic (exact) mass is 770 g/mol. The molecule has 3 aromatic rings. The SMILES string of the molecule is C#CCCC(SN[C@@H](CS)C(=O)C(=O)CNC(=O)CNN[C@@H](Cc1ccc(O)cc1)C(=O)NC(CCSC)C(=O)O)c1ccc(O)c2ncccc12. The van der Waals surface area contributed by atoms with E-state index in [2.05, 4.69) is 49.7 Å². The number of phenols is 2. The van der Waals surface area contributed by atoms with Gasteiger partial charge < -0.3 is 26.0 Å². The molecule has 3 rings (SSSR count). The summed E-state index contributed by atoms with van der Waals surface area (Å²) in [5.74, 6) is -0.949. The number of aromatic nitrogens is 1. The number of carbonyl (C=O) groups is 5. The second kappa shape index (κ2) is 21.9. The number of pyridine rings is 1. The number of carbonyl (C=O) groups excluding carboxylic acids is 4. The molecule has 0 bridgehead atoms. The summed E-state index contributed by atoms with van der Waals surface area (Å²) in [4.78, 5) is 67.5. The van der Waals surface area contributed by atoms with E-state index in [1.807, 2.05) is 12.3 Å². The maximum Gasteiger partial charge on any atom is 0.326 e. The number of carboxylic acid groups (broad SMARTS) is 1. The average molecular weight is 771 g/mol. The first-order valence-electron chi connectivity index (χ1n) is 16.1. The zero-order valence-electron chi connectivity index (χ0n) is 28.3. The first-order chi connectivity index (χ1) is 25.0. The maximum absolute atomic E-state index is 13.1. The van der Waals surface area contributed by atoms with Crippen molar-refractivity contribution in [1.82, 2.24) is 31.2 Å². The number of hydrogen-bond acceptors (Lipinski definition) is 14. The van der Waals surface area contributed by atoms with Gasteiger partial charge in [-0.15, -0.1) is 12.3 Å². The number of phenolic OH excluding ortho intramolecular Hbond substituents is 2. The number of ketones is 2. The van der Waals surface area contributed by atoms with Crippen molar-refractivity contribution in [2.75, 3.05) is 30.9 Å². The summed E-state index contributed by atoms with van der Waals surface area (Å²) in [6.07, 6.45) is 10.2. The normalized spacial score (nSPS) is 13.3. The Balaban J connectivity index is 1.56. The molecule has 278 valence electrons. The molecule has 0 fully saturated rings. The minimum absolute atomic E-state index is 0.0127. The second-order valence-electron chi connectivity index (χ2n) is 11.4. The number of thiol groups is 1. The first-order valence-corrected chi connectivity index (χ1v) is 19.0. The topological polar surface area (TPSA) is 219 Å². The number of fused-ring (bicyclic) bond motifs is 1. The molecule has 8 N–H and O–H groups in total. The van der Waals surface area contributed by atoms with Gasteiger partial charge >= 0.3 is 5.97 Å². The van der Waals surface area contributed by atoms with E-state index in [9.17, 15) is 39.3 Å². The largest absolute Gasteiger partial charge is 0.508 e. The van der Waals surface area contributed by atoms with Crippen molar-refractivity contribution < 1.29 is 39.3 Å². The lowest BCUT2D eigenvalue weighted by atomic mass is 10.0. The number of aliphatic carboxylic acids is 1. The van der Waals surface area contributed by atoms with E-state index in [4.69, 9.17) is 6.42 Å². The van der Waals surface area contributed by atoms with Gasteiger partial charge in [-0.25, -0.2) is 15.6 Å². The van der Waals surface area contributed by atoms with Crippen LogP contribution in [-0.2, 0) is 30.4 Å². The van der Waals surface area contributed by atoms with Crippen molar-refractivity contribution in [3.05, 3.63) is 65.9 Å². The number of benzene rings is 2. The Morgan fingerprint density at radius 2 is 1.73 bits per heavy atom. The number of terminal acetylenes is 1. The van der Waals surface area contributed by atoms with Crippen LogP contribution in [0.4, 0.5) is 0 Å². The number of aromatic hydroxyl groups is 2. The van der Waals surface area contributed by atoms with Gasteiger partial charge in [-0.3, -0.25) is 28.9 Å². The fourth-order valence-corrected chi connectivity index (χ4v) is 6.85. The van der Waals surface area contributed by atoms with Crippen LogP contribution in [0.5, 0.6) is 11.5 Å². The van der Waals surface area contributed by atoms with E-state index in [0.717, 1.165) is 10.9 Å². The summed E-state index contributed by atoms with van der Waals surface area (Å²) < 4.78 is 3.03. The molecule has 14 nitrogen and oxygen atoms in total. The smallest absolute Gasteiger partial charge is 0.326 e. The molecule has 0 saturated heterocycles. The third-order valence-electron chi connectivity index (χ3n) is 7.70. The Labute approximate surface area is 315 Å². The zero-order valence-corrected chi connectivity index (χ0v) is 30.9. The summed E-state index contributed by atoms with van der Waals surface area (Å²) in [7, 11) is 0. The lowest BCUT2D eigenvalue weighted by molar-refractivity contribution is -0.142. The molecule has 2 amide bonds. The van der Waals surface area contributed by atoms with Crippen LogP contribution in [0, 0.1) is 12.3 Å². The van der Waals surface area contributed by atoms with Crippen LogP contribution in [-0.4, -0.2) is 98.6 Å². The number of amides is 2. The standard InChI is InChI=1S/C35H42N6O8S3/c1-3-4-7-30(23-12-13-28(43)32-24(23)6-5-15-36-32)52-41-27(20-50)33(46)29(44)18-37-31(45)19-38-40-26(17-21-8-10-22(42)11-9-21)34(47)39-25(35(48)49)14-16-51-2/h1,5-6,8-13,15,25-27,30,38,40-43,50H,4,7,14,16-20H2,2H3,(H,37,45)(H,39,47)(H,48,49)/t25?,26-,27-,30?/m0/s1. The van der Waals surface area contributed by atoms with Crippen molar-refractivity contribution in [2.45, 2.75) is 49.1 Å². The predicted octanol–water partition coefficient (Wildman–Crippen LogP) is 1.92. The molecule has 1 aromatic heterocycles. The molecule has 0 spiro atoms. The van der Waals surface area contributed by atoms with Gasteiger partial charge in [-0.05, 0) is 66.7 Å². The molecule has 17 heteroatoms. The lowest BCUT2D eigenvalue weighted by Gasteiger charge is -2.22. The highest BCUT2D eigenvalue weighted by atomic mass is 32.2. The number of nitrogens with zero attached hydrogens (tertiary/aromatic N) is 1. The van der Waals surface area contributed by atoms with Gasteiger partial charge in [0.1, 0.15) is 29.1 Å². The van der Waals surface area contributed by atoms with Gasteiger partial charge in [0.15, 0.2) is 0 Å². The fraction of sp³-hybridized carbons (Fsp3) is 0.371. The molecule has 4 atom stereocenters. The molecule has 0 aliphatic rings. The van der Waals surface area contributed by atoms with Gasteiger partial charge in [0.05, 0.1) is 19.1 Å². The number of hydrogen-bond donors (Lipinski definition) is 9. The van der Waals surface area contributed by atoms with Crippen LogP contribution in [0.25, 0.3) is 10.9 Å². The number of hydrazine groups is 1. The van der Waals surface area contributed by atoms with Crippen LogP contribution in [0.3, 0.4) is 0 Å². The highest BCUT2D eigenvalue weighted by molar-refractivity contribution is 7.98. The summed E-state index contributed by atoms with van der Waals surface area (Å²) >= 11 is 6.90. The molecule has 0 radical (unpaired) electrons. The number of nitrogens with one attached hydrogen (secondary N) is 5. The van der Waals surface area contributed by atoms with Crippen molar-refractivity contribution in [3.8, 4) is 23.8 Å². The van der Waals surface area contributed by atoms with E-state index in [-0.39, 0.29) is 35.3 Å². The molecule has 2 aromatic carbocycles. The molecule has 0 saturated carbocycles. The molecular formula is C35H42N6O8S3. The number of rotatable bonds is 23. The molecule has 1 heterocycles. The minimum atomic E-state index is -1.18. The molecule has 0 aliphatic heterocycles. The van der Waals surface area contributed by atoms with E-state index in [0.29, 0.717) is 29.7 Å². The number of thioether (sulfide) groups is 1. The van der Waals surface area contributed by atoms with E-state index in [1.54, 1.807) is 36.5 Å². The second-order valence-corrected chi connectivity index (χ2v) is 13.8. The Hall–Kier alpha value is -4.31. The number of Topliss-reactive ketones (excluding diaryl/α,β-unsaturated/α-hetero) is 2. The average Bonchev–Trinajstić information content (AvgIpc) is 3.14. The summed E-state index contributed by atoms with van der Waals surface area (Å²) in [6, 6.07) is 9.84. The fourth-order valence-electron chi connectivity index (χ4n) is 4.91. The van der Waals surface area contributed by atoms with Crippen molar-refractivity contribution in [2.24, 2.45) is 0 Å². The third-order valence-corrected chi connectivity index (χ3v) is 9.90. The van der Waals surface area contributed by atoms with Gasteiger partial charge in [-0.1, -0.05) is 36.2 Å². The molecule has 2 unspecified atom stereocenters. The summed E-state index contributed by atoms with van der Waals surface area (Å²) in [5.41, 5.74) is 7.27. The molecule has 52 heavy (non-hydrogen) atoms. The van der Waals surface area contributed by atoms with Crippen molar-refractivity contribution >= 4 is 76.6 Å². The highest BCUT2D eigenvalue weighted by Crippen LogP contribution is 2.38. The predicted molar refractivity (Wildman–Crippen MR) is 205 cm³/mol. The third kappa shape index (κ3) is 13.0. The van der Waals surface area contributed by atoms with Crippen LogP contribution >= 0.6 is 36.3 Å². The quantitative estimate of drug-likeness (QED) is 0.0221. The van der Waals surface area contributed by atoms with Crippen molar-refractivity contribution in [1.29, 1.82) is 0 Å². The minimum Gasteiger partial charge on any atom is -0.508 e. The van der Waals surface area contributed by atoms with Crippen LogP contribution in [0.1, 0.15) is 35.6 Å². The van der Waals surface area contributed by atoms with Gasteiger partial charge in [0.2, 0.25) is 23.4 Å². The molecule has 0 aliphatic carbocycles. The van der Waals surface area contributed by atoms with Gasteiger partial charge in [-0.2, -0.15) is 24.4 Å². The van der Waals surface area contributed by atoms with Crippen LogP contribution < -0.4 is 26.2 Å². The van der Waals surface area contributed by atoms with Crippen LogP contribution in [0.2, 0.25) is 0 Å². The number of carboxylic acids is 1. The van der Waals surface area contributed by atoms with E-state index in [1.165, 1.54) is 35.8 Å². The van der Waals surface area contributed by atoms with Gasteiger partial charge in [0.25, 0.3) is 0 Å².